The summed E-state index contributed by atoms with van der Waals surface area (Å²) < 4.78 is 1.37. The molecular formula is C25H29N3O2S. The van der Waals surface area contributed by atoms with Crippen LogP contribution in [0.1, 0.15) is 24.8 Å². The van der Waals surface area contributed by atoms with Gasteiger partial charge in [-0.05, 0) is 61.0 Å². The fourth-order valence-electron chi connectivity index (χ4n) is 4.60. The number of hydrogen-bond donors (Lipinski definition) is 0. The normalized spacial score (nSPS) is 17.4. The first-order valence-corrected chi connectivity index (χ1v) is 12.1. The van der Waals surface area contributed by atoms with Crippen LogP contribution in [0.25, 0.3) is 10.1 Å². The lowest BCUT2D eigenvalue weighted by atomic mass is 10.0. The first kappa shape index (κ1) is 20.5. The third-order valence-corrected chi connectivity index (χ3v) is 7.20. The van der Waals surface area contributed by atoms with Crippen LogP contribution in [0, 0.1) is 0 Å². The van der Waals surface area contributed by atoms with Gasteiger partial charge in [0.05, 0.1) is 12.3 Å². The molecule has 0 radical (unpaired) electrons. The molecule has 2 aliphatic heterocycles. The summed E-state index contributed by atoms with van der Waals surface area (Å²) in [7, 11) is 0. The lowest BCUT2D eigenvalue weighted by Crippen LogP contribution is -2.46. The molecule has 0 N–H and O–H groups in total. The van der Waals surface area contributed by atoms with E-state index < -0.39 is 0 Å². The van der Waals surface area contributed by atoms with E-state index in [0.717, 1.165) is 57.7 Å². The maximum absolute atomic E-state index is 12.3. The van der Waals surface area contributed by atoms with E-state index in [-0.39, 0.29) is 5.91 Å². The molecule has 1 amide bonds. The van der Waals surface area contributed by atoms with Gasteiger partial charge in [-0.3, -0.25) is 14.5 Å². The minimum atomic E-state index is 0.0652. The predicted octanol–water partition coefficient (Wildman–Crippen LogP) is 4.71. The first-order valence-electron chi connectivity index (χ1n) is 11.3. The number of hydroxylamine groups is 1. The number of carbonyl (C=O) groups is 1. The summed E-state index contributed by atoms with van der Waals surface area (Å²) in [6.07, 6.45) is 3.38. The largest absolute Gasteiger partial charge is 0.368 e. The number of piperazine rings is 1. The van der Waals surface area contributed by atoms with Gasteiger partial charge in [0.15, 0.2) is 0 Å². The quantitative estimate of drug-likeness (QED) is 0.504. The maximum Gasteiger partial charge on any atom is 0.251 e. The van der Waals surface area contributed by atoms with Crippen molar-refractivity contribution in [3.8, 4) is 0 Å². The second-order valence-electron chi connectivity index (χ2n) is 8.30. The van der Waals surface area contributed by atoms with Gasteiger partial charge in [0, 0.05) is 48.4 Å². The molecule has 6 heteroatoms. The Morgan fingerprint density at radius 2 is 1.71 bits per heavy atom. The van der Waals surface area contributed by atoms with Crippen molar-refractivity contribution in [1.82, 2.24) is 4.90 Å². The van der Waals surface area contributed by atoms with Crippen molar-refractivity contribution in [2.75, 3.05) is 49.3 Å². The number of amides is 1. The van der Waals surface area contributed by atoms with Crippen molar-refractivity contribution in [3.05, 3.63) is 59.5 Å². The standard InChI is InChI=1S/C25H29N3O2S/c29-25-11-10-20-6-1-2-7-22(20)28(25)30-18-4-3-13-26-14-16-27(17-15-26)23-8-5-9-24-21(23)12-19-31-24/h1-2,5-9,12,19H,3-4,10-11,13-18H2. The highest BCUT2D eigenvalue weighted by atomic mass is 32.1. The third-order valence-electron chi connectivity index (χ3n) is 6.32. The lowest BCUT2D eigenvalue weighted by molar-refractivity contribution is -0.126. The Labute approximate surface area is 187 Å². The number of nitrogens with zero attached hydrogens (tertiary/aromatic N) is 3. The highest BCUT2D eigenvalue weighted by molar-refractivity contribution is 7.17. The molecule has 5 nitrogen and oxygen atoms in total. The van der Waals surface area contributed by atoms with E-state index in [9.17, 15) is 4.79 Å². The van der Waals surface area contributed by atoms with Gasteiger partial charge in [-0.15, -0.1) is 11.3 Å². The maximum atomic E-state index is 12.3. The minimum absolute atomic E-state index is 0.0652. The van der Waals surface area contributed by atoms with Gasteiger partial charge in [-0.1, -0.05) is 24.3 Å². The molecule has 1 fully saturated rings. The van der Waals surface area contributed by atoms with Gasteiger partial charge in [-0.2, -0.15) is 5.06 Å². The summed E-state index contributed by atoms with van der Waals surface area (Å²) >= 11 is 1.81. The second-order valence-corrected chi connectivity index (χ2v) is 9.24. The number of benzene rings is 2. The summed E-state index contributed by atoms with van der Waals surface area (Å²) in [6.45, 7) is 6.01. The third kappa shape index (κ3) is 4.47. The Morgan fingerprint density at radius 3 is 2.61 bits per heavy atom. The van der Waals surface area contributed by atoms with E-state index in [0.29, 0.717) is 13.0 Å². The Hall–Kier alpha value is -2.41. The van der Waals surface area contributed by atoms with Crippen molar-refractivity contribution >= 4 is 38.7 Å². The molecule has 3 aromatic rings. The molecule has 31 heavy (non-hydrogen) atoms. The number of unbranched alkanes of at least 4 members (excludes halogenated alkanes) is 1. The minimum Gasteiger partial charge on any atom is -0.368 e. The molecule has 1 saturated heterocycles. The molecule has 0 unspecified atom stereocenters. The Balaban J connectivity index is 1.05. The van der Waals surface area contributed by atoms with Crippen LogP contribution in [0.4, 0.5) is 11.4 Å². The van der Waals surface area contributed by atoms with E-state index in [2.05, 4.69) is 45.5 Å². The smallest absolute Gasteiger partial charge is 0.251 e. The van der Waals surface area contributed by atoms with Gasteiger partial charge in [-0.25, -0.2) is 0 Å². The number of aryl methyl sites for hydroxylation is 1. The fourth-order valence-corrected chi connectivity index (χ4v) is 5.41. The molecule has 0 aliphatic carbocycles. The summed E-state index contributed by atoms with van der Waals surface area (Å²) in [5.74, 6) is 0.0652. The van der Waals surface area contributed by atoms with Crippen molar-refractivity contribution in [1.29, 1.82) is 0 Å². The summed E-state index contributed by atoms with van der Waals surface area (Å²) in [4.78, 5) is 23.2. The second kappa shape index (κ2) is 9.39. The zero-order chi connectivity index (χ0) is 21.0. The fraction of sp³-hybridized carbons (Fsp3) is 0.400. The molecule has 0 bridgehead atoms. The SMILES string of the molecule is O=C1CCc2ccccc2N1OCCCCN1CCN(c2cccc3sccc23)CC1. The first-order chi connectivity index (χ1) is 15.3. The summed E-state index contributed by atoms with van der Waals surface area (Å²) in [5, 5.41) is 5.08. The van der Waals surface area contributed by atoms with Crippen molar-refractivity contribution in [3.63, 3.8) is 0 Å². The average molecular weight is 436 g/mol. The topological polar surface area (TPSA) is 36.0 Å². The summed E-state index contributed by atoms with van der Waals surface area (Å²) in [6, 6.07) is 16.9. The number of anilines is 2. The van der Waals surface area contributed by atoms with Gasteiger partial charge < -0.3 is 4.90 Å². The Kier molecular flexibility index (Phi) is 6.20. The zero-order valence-corrected chi connectivity index (χ0v) is 18.7. The van der Waals surface area contributed by atoms with Crippen LogP contribution in [-0.2, 0) is 16.1 Å². The number of hydrogen-bond acceptors (Lipinski definition) is 5. The van der Waals surface area contributed by atoms with Gasteiger partial charge >= 0.3 is 0 Å². The zero-order valence-electron chi connectivity index (χ0n) is 17.8. The molecule has 0 spiro atoms. The van der Waals surface area contributed by atoms with Crippen LogP contribution in [0.15, 0.2) is 53.9 Å². The van der Waals surface area contributed by atoms with Crippen molar-refractivity contribution < 1.29 is 9.63 Å². The van der Waals surface area contributed by atoms with E-state index in [1.165, 1.54) is 26.4 Å². The van der Waals surface area contributed by atoms with Gasteiger partial charge in [0.1, 0.15) is 0 Å². The molecule has 0 saturated carbocycles. The van der Waals surface area contributed by atoms with Gasteiger partial charge in [0.25, 0.3) is 5.91 Å². The van der Waals surface area contributed by atoms with Crippen LogP contribution >= 0.6 is 11.3 Å². The van der Waals surface area contributed by atoms with E-state index in [1.54, 1.807) is 0 Å². The van der Waals surface area contributed by atoms with Gasteiger partial charge in [0.2, 0.25) is 0 Å². The predicted molar refractivity (Wildman–Crippen MR) is 128 cm³/mol. The van der Waals surface area contributed by atoms with Crippen LogP contribution in [-0.4, -0.2) is 50.1 Å². The number of rotatable bonds is 7. The Morgan fingerprint density at radius 1 is 0.871 bits per heavy atom. The van der Waals surface area contributed by atoms with E-state index in [4.69, 9.17) is 4.84 Å². The van der Waals surface area contributed by atoms with Crippen LogP contribution in [0.3, 0.4) is 0 Å². The highest BCUT2D eigenvalue weighted by Gasteiger charge is 2.24. The van der Waals surface area contributed by atoms with Crippen molar-refractivity contribution in [2.45, 2.75) is 25.7 Å². The summed E-state index contributed by atoms with van der Waals surface area (Å²) in [5.41, 5.74) is 3.48. The van der Waals surface area contributed by atoms with E-state index in [1.807, 2.05) is 29.5 Å². The lowest BCUT2D eigenvalue weighted by Gasteiger charge is -2.36. The van der Waals surface area contributed by atoms with E-state index >= 15 is 0 Å². The monoisotopic (exact) mass is 435 g/mol. The highest BCUT2D eigenvalue weighted by Crippen LogP contribution is 2.31. The van der Waals surface area contributed by atoms with Crippen LogP contribution < -0.4 is 9.96 Å². The molecular weight excluding hydrogens is 406 g/mol. The molecule has 5 rings (SSSR count). The van der Waals surface area contributed by atoms with Crippen LogP contribution in [0.2, 0.25) is 0 Å². The Bertz CT molecular complexity index is 1040. The number of fused-ring (bicyclic) bond motifs is 2. The molecule has 3 heterocycles. The number of thiophene rings is 1. The van der Waals surface area contributed by atoms with Crippen LogP contribution in [0.5, 0.6) is 0 Å². The molecule has 2 aromatic carbocycles. The number of carbonyl (C=O) groups excluding carboxylic acids is 1. The molecule has 1 aromatic heterocycles. The molecule has 162 valence electrons. The van der Waals surface area contributed by atoms with Crippen molar-refractivity contribution in [2.24, 2.45) is 0 Å². The molecule has 0 atom stereocenters. The average Bonchev–Trinajstić information content (AvgIpc) is 3.30. The molecule has 2 aliphatic rings. The number of para-hydroxylation sites is 1.